The largest absolute Gasteiger partial charge is 0.491 e. The minimum atomic E-state index is -0.357. The van der Waals surface area contributed by atoms with Crippen LogP contribution in [0.15, 0.2) is 61.2 Å². The maximum absolute atomic E-state index is 12.7. The molecule has 6 nitrogen and oxygen atoms in total. The zero-order chi connectivity index (χ0) is 22.2. The summed E-state index contributed by atoms with van der Waals surface area (Å²) in [4.78, 5) is 25.5. The highest BCUT2D eigenvalue weighted by Crippen LogP contribution is 2.29. The Morgan fingerprint density at radius 3 is 2.42 bits per heavy atom. The maximum Gasteiger partial charge on any atom is 0.302 e. The first-order chi connectivity index (χ1) is 15.0. The summed E-state index contributed by atoms with van der Waals surface area (Å²) in [7, 11) is 0. The molecule has 2 atom stereocenters. The summed E-state index contributed by atoms with van der Waals surface area (Å²) in [6.45, 7) is 6.01. The van der Waals surface area contributed by atoms with Gasteiger partial charge in [-0.2, -0.15) is 5.26 Å². The van der Waals surface area contributed by atoms with Crippen LogP contribution in [0.2, 0.25) is 0 Å². The smallest absolute Gasteiger partial charge is 0.302 e. The summed E-state index contributed by atoms with van der Waals surface area (Å²) in [5.74, 6) is 0.306. The van der Waals surface area contributed by atoms with Gasteiger partial charge in [0.25, 0.3) is 0 Å². The molecule has 0 aromatic heterocycles. The van der Waals surface area contributed by atoms with Gasteiger partial charge in [-0.3, -0.25) is 9.59 Å². The third-order valence-electron chi connectivity index (χ3n) is 5.36. The van der Waals surface area contributed by atoms with Gasteiger partial charge in [-0.15, -0.1) is 6.58 Å². The molecular weight excluding hydrogens is 392 g/mol. The standard InChI is InChI=1S/C25H26N2O4/c1-3-4-22-15-23(27(25(22)29)13-14-30-18(2)28)17-31-24-11-9-21(10-12-24)20-7-5-19(16-26)6-8-20/h3,5-12,22-23H,1,4,13-15,17H2,2H3/t22-,23+/m1/s1. The lowest BCUT2D eigenvalue weighted by atomic mass is 10.0. The summed E-state index contributed by atoms with van der Waals surface area (Å²) in [5.41, 5.74) is 2.68. The highest BCUT2D eigenvalue weighted by Gasteiger charge is 2.38. The van der Waals surface area contributed by atoms with Crippen LogP contribution in [0.25, 0.3) is 11.1 Å². The Labute approximate surface area is 182 Å². The van der Waals surface area contributed by atoms with Gasteiger partial charge in [0.05, 0.1) is 24.2 Å². The van der Waals surface area contributed by atoms with E-state index in [4.69, 9.17) is 14.7 Å². The molecule has 0 aliphatic carbocycles. The topological polar surface area (TPSA) is 79.6 Å². The molecule has 2 aromatic rings. The Bertz CT molecular complexity index is 961. The van der Waals surface area contributed by atoms with Crippen LogP contribution in [0.4, 0.5) is 0 Å². The van der Waals surface area contributed by atoms with Gasteiger partial charge in [0.15, 0.2) is 0 Å². The van der Waals surface area contributed by atoms with Crippen molar-refractivity contribution in [3.63, 3.8) is 0 Å². The van der Waals surface area contributed by atoms with Gasteiger partial charge >= 0.3 is 5.97 Å². The van der Waals surface area contributed by atoms with Crippen LogP contribution in [0.3, 0.4) is 0 Å². The summed E-state index contributed by atoms with van der Waals surface area (Å²) >= 11 is 0. The first-order valence-electron chi connectivity index (χ1n) is 10.3. The number of ether oxygens (including phenoxy) is 2. The minimum absolute atomic E-state index is 0.0526. The molecule has 6 heteroatoms. The Morgan fingerprint density at radius 1 is 1.19 bits per heavy atom. The molecule has 1 saturated heterocycles. The first-order valence-corrected chi connectivity index (χ1v) is 10.3. The van der Waals surface area contributed by atoms with Crippen molar-refractivity contribution in [2.45, 2.75) is 25.8 Å². The summed E-state index contributed by atoms with van der Waals surface area (Å²) < 4.78 is 11.0. The van der Waals surface area contributed by atoms with Gasteiger partial charge in [0.1, 0.15) is 19.0 Å². The number of carbonyl (C=O) groups is 2. The van der Waals surface area contributed by atoms with Crippen LogP contribution >= 0.6 is 0 Å². The number of allylic oxidation sites excluding steroid dienone is 1. The SMILES string of the molecule is C=CC[C@@H]1C[C@@H](COc2ccc(-c3ccc(C#N)cc3)cc2)N(CCOC(C)=O)C1=O. The number of benzene rings is 2. The number of esters is 1. The summed E-state index contributed by atoms with van der Waals surface area (Å²) in [6.07, 6.45) is 3.07. The first kappa shape index (κ1) is 22.1. The maximum atomic E-state index is 12.7. The second-order valence-electron chi connectivity index (χ2n) is 7.51. The fourth-order valence-corrected chi connectivity index (χ4v) is 3.78. The second kappa shape index (κ2) is 10.4. The molecule has 2 aromatic carbocycles. The summed E-state index contributed by atoms with van der Waals surface area (Å²) in [5, 5.41) is 8.92. The fourth-order valence-electron chi connectivity index (χ4n) is 3.78. The van der Waals surface area contributed by atoms with Crippen LogP contribution < -0.4 is 4.74 Å². The van der Waals surface area contributed by atoms with E-state index in [-0.39, 0.29) is 30.4 Å². The van der Waals surface area contributed by atoms with E-state index in [2.05, 4.69) is 12.6 Å². The number of carbonyl (C=O) groups excluding carboxylic acids is 2. The average Bonchev–Trinajstić information content (AvgIpc) is 3.07. The molecule has 0 saturated carbocycles. The molecule has 0 spiro atoms. The third-order valence-corrected chi connectivity index (χ3v) is 5.36. The molecule has 1 aliphatic heterocycles. The van der Waals surface area contributed by atoms with Crippen LogP contribution in [-0.2, 0) is 14.3 Å². The van der Waals surface area contributed by atoms with E-state index >= 15 is 0 Å². The highest BCUT2D eigenvalue weighted by atomic mass is 16.5. The van der Waals surface area contributed by atoms with Crippen molar-refractivity contribution in [2.75, 3.05) is 19.8 Å². The number of nitrogens with zero attached hydrogens (tertiary/aromatic N) is 2. The van der Waals surface area contributed by atoms with Crippen LogP contribution in [0, 0.1) is 17.2 Å². The van der Waals surface area contributed by atoms with E-state index in [1.165, 1.54) is 6.92 Å². The lowest BCUT2D eigenvalue weighted by Gasteiger charge is -2.24. The van der Waals surface area contributed by atoms with Crippen LogP contribution in [-0.4, -0.2) is 42.6 Å². The van der Waals surface area contributed by atoms with Crippen molar-refractivity contribution in [1.29, 1.82) is 5.26 Å². The van der Waals surface area contributed by atoms with Crippen LogP contribution in [0.1, 0.15) is 25.3 Å². The Kier molecular flexibility index (Phi) is 7.45. The quantitative estimate of drug-likeness (QED) is 0.455. The molecule has 3 rings (SSSR count). The molecule has 0 radical (unpaired) electrons. The van der Waals surface area contributed by atoms with Gasteiger partial charge in [-0.05, 0) is 48.2 Å². The summed E-state index contributed by atoms with van der Waals surface area (Å²) in [6, 6.07) is 17.2. The average molecular weight is 418 g/mol. The van der Waals surface area contributed by atoms with E-state index in [1.54, 1.807) is 23.1 Å². The lowest BCUT2D eigenvalue weighted by molar-refractivity contribution is -0.143. The third kappa shape index (κ3) is 5.73. The Balaban J connectivity index is 1.62. The normalized spacial score (nSPS) is 17.8. The van der Waals surface area contributed by atoms with Crippen molar-refractivity contribution < 1.29 is 19.1 Å². The number of likely N-dealkylation sites (tertiary alicyclic amines) is 1. The van der Waals surface area contributed by atoms with Gasteiger partial charge in [-0.25, -0.2) is 0 Å². The number of rotatable bonds is 9. The molecule has 31 heavy (non-hydrogen) atoms. The van der Waals surface area contributed by atoms with Gasteiger partial charge in [0, 0.05) is 12.8 Å². The fraction of sp³-hybridized carbons (Fsp3) is 0.320. The predicted octanol–water partition coefficient (Wildman–Crippen LogP) is 3.96. The Hall–Kier alpha value is -3.59. The van der Waals surface area contributed by atoms with Crippen LogP contribution in [0.5, 0.6) is 5.75 Å². The van der Waals surface area contributed by atoms with E-state index in [0.29, 0.717) is 31.6 Å². The van der Waals surface area contributed by atoms with Crippen molar-refractivity contribution in [2.24, 2.45) is 5.92 Å². The predicted molar refractivity (Wildman–Crippen MR) is 117 cm³/mol. The molecule has 0 N–H and O–H groups in total. The molecular formula is C25H26N2O4. The number of nitriles is 1. The zero-order valence-corrected chi connectivity index (χ0v) is 17.6. The van der Waals surface area contributed by atoms with Gasteiger partial charge in [0.2, 0.25) is 5.91 Å². The van der Waals surface area contributed by atoms with Crippen molar-refractivity contribution >= 4 is 11.9 Å². The molecule has 1 heterocycles. The van der Waals surface area contributed by atoms with E-state index in [1.807, 2.05) is 36.4 Å². The molecule has 0 bridgehead atoms. The number of hydrogen-bond donors (Lipinski definition) is 0. The zero-order valence-electron chi connectivity index (χ0n) is 17.6. The van der Waals surface area contributed by atoms with Crippen molar-refractivity contribution in [3.8, 4) is 22.9 Å². The number of amides is 1. The highest BCUT2D eigenvalue weighted by molar-refractivity contribution is 5.81. The van der Waals surface area contributed by atoms with E-state index in [9.17, 15) is 9.59 Å². The Morgan fingerprint density at radius 2 is 1.84 bits per heavy atom. The molecule has 1 amide bonds. The molecule has 0 unspecified atom stereocenters. The molecule has 1 aliphatic rings. The van der Waals surface area contributed by atoms with E-state index < -0.39 is 0 Å². The number of hydrogen-bond acceptors (Lipinski definition) is 5. The monoisotopic (exact) mass is 418 g/mol. The molecule has 160 valence electrons. The van der Waals surface area contributed by atoms with E-state index in [0.717, 1.165) is 16.9 Å². The lowest BCUT2D eigenvalue weighted by Crippen LogP contribution is -2.39. The minimum Gasteiger partial charge on any atom is -0.491 e. The van der Waals surface area contributed by atoms with Crippen molar-refractivity contribution in [3.05, 3.63) is 66.7 Å². The van der Waals surface area contributed by atoms with Crippen molar-refractivity contribution in [1.82, 2.24) is 4.90 Å². The molecule has 1 fully saturated rings. The van der Waals surface area contributed by atoms with Gasteiger partial charge in [-0.1, -0.05) is 30.3 Å². The second-order valence-corrected chi connectivity index (χ2v) is 7.51. The van der Waals surface area contributed by atoms with Gasteiger partial charge < -0.3 is 14.4 Å².